The molecule has 1 aromatic heterocycles. The lowest BCUT2D eigenvalue weighted by Gasteiger charge is -2.49. The van der Waals surface area contributed by atoms with Crippen molar-refractivity contribution in [2.75, 3.05) is 18.0 Å². The van der Waals surface area contributed by atoms with Gasteiger partial charge in [0.1, 0.15) is 5.02 Å². The molecule has 27 heavy (non-hydrogen) atoms. The van der Waals surface area contributed by atoms with E-state index in [4.69, 9.17) is 16.3 Å². The van der Waals surface area contributed by atoms with Crippen molar-refractivity contribution in [3.8, 4) is 0 Å². The molecule has 2 fully saturated rings. The van der Waals surface area contributed by atoms with Crippen LogP contribution in [0.2, 0.25) is 5.02 Å². The van der Waals surface area contributed by atoms with Crippen molar-refractivity contribution in [2.45, 2.75) is 57.3 Å². The lowest BCUT2D eigenvalue weighted by molar-refractivity contribution is -0.148. The van der Waals surface area contributed by atoms with Gasteiger partial charge in [-0.05, 0) is 32.3 Å². The molecule has 0 radical (unpaired) electrons. The molecule has 1 aliphatic heterocycles. The van der Waals surface area contributed by atoms with Crippen LogP contribution in [0, 0.1) is 0 Å². The molecule has 1 aromatic carbocycles. The summed E-state index contributed by atoms with van der Waals surface area (Å²) in [6.07, 6.45) is 6.23. The second-order valence-electron chi connectivity index (χ2n) is 8.40. The van der Waals surface area contributed by atoms with Gasteiger partial charge in [-0.3, -0.25) is 4.79 Å². The number of hydrogen-bond donors (Lipinski definition) is 0. The molecule has 0 N–H and O–H groups in total. The number of anilines is 1. The Bertz CT molecular complexity index is 873. The third-order valence-corrected chi connectivity index (χ3v) is 5.90. The molecule has 1 aliphatic carbocycles. The SMILES string of the molecule is CC1(C)CN(c2cnn(Cc3ccccc3)c(=O)c2Cl)CC2(CCCC2)O1. The molecule has 2 aliphatic rings. The third kappa shape index (κ3) is 3.76. The summed E-state index contributed by atoms with van der Waals surface area (Å²) >= 11 is 6.53. The van der Waals surface area contributed by atoms with E-state index >= 15 is 0 Å². The van der Waals surface area contributed by atoms with Gasteiger partial charge in [0.25, 0.3) is 5.56 Å². The molecule has 5 nitrogen and oxygen atoms in total. The molecule has 2 aromatic rings. The maximum absolute atomic E-state index is 12.8. The van der Waals surface area contributed by atoms with Crippen LogP contribution in [0.5, 0.6) is 0 Å². The van der Waals surface area contributed by atoms with Gasteiger partial charge in [0, 0.05) is 13.1 Å². The number of nitrogens with zero attached hydrogens (tertiary/aromatic N) is 3. The van der Waals surface area contributed by atoms with E-state index in [1.807, 2.05) is 30.3 Å². The highest BCUT2D eigenvalue weighted by Gasteiger charge is 2.46. The van der Waals surface area contributed by atoms with Crippen molar-refractivity contribution < 1.29 is 4.74 Å². The van der Waals surface area contributed by atoms with E-state index in [-0.39, 0.29) is 21.8 Å². The summed E-state index contributed by atoms with van der Waals surface area (Å²) in [5.74, 6) is 0. The molecule has 0 unspecified atom stereocenters. The average Bonchev–Trinajstić information content (AvgIpc) is 3.05. The Morgan fingerprint density at radius 2 is 1.85 bits per heavy atom. The van der Waals surface area contributed by atoms with Crippen molar-refractivity contribution in [3.05, 3.63) is 57.5 Å². The summed E-state index contributed by atoms with van der Waals surface area (Å²) in [5, 5.41) is 4.65. The van der Waals surface area contributed by atoms with E-state index in [2.05, 4.69) is 23.8 Å². The second-order valence-corrected chi connectivity index (χ2v) is 8.78. The zero-order chi connectivity index (χ0) is 19.1. The Morgan fingerprint density at radius 3 is 2.56 bits per heavy atom. The summed E-state index contributed by atoms with van der Waals surface area (Å²) in [7, 11) is 0. The van der Waals surface area contributed by atoms with Crippen molar-refractivity contribution in [1.82, 2.24) is 9.78 Å². The number of morpholine rings is 1. The highest BCUT2D eigenvalue weighted by molar-refractivity contribution is 6.33. The smallest absolute Gasteiger partial charge is 0.287 e. The van der Waals surface area contributed by atoms with Crippen LogP contribution in [0.3, 0.4) is 0 Å². The molecule has 6 heteroatoms. The summed E-state index contributed by atoms with van der Waals surface area (Å²) in [4.78, 5) is 15.0. The highest BCUT2D eigenvalue weighted by atomic mass is 35.5. The molecule has 144 valence electrons. The quantitative estimate of drug-likeness (QED) is 0.802. The fourth-order valence-corrected chi connectivity index (χ4v) is 4.78. The maximum Gasteiger partial charge on any atom is 0.287 e. The standard InChI is InChI=1S/C21H26ClN3O2/c1-20(2)14-24(15-21(27-20)10-6-7-11-21)17-12-23-25(19(26)18(17)22)13-16-8-4-3-5-9-16/h3-5,8-9,12H,6-7,10-11,13-15H2,1-2H3. The minimum Gasteiger partial charge on any atom is -0.365 e. The normalized spacial score (nSPS) is 20.9. The van der Waals surface area contributed by atoms with Crippen LogP contribution in [0.4, 0.5) is 5.69 Å². The molecule has 4 rings (SSSR count). The molecule has 0 amide bonds. The van der Waals surface area contributed by atoms with Gasteiger partial charge in [-0.15, -0.1) is 0 Å². The highest BCUT2D eigenvalue weighted by Crippen LogP contribution is 2.42. The van der Waals surface area contributed by atoms with Crippen molar-refractivity contribution >= 4 is 17.3 Å². The van der Waals surface area contributed by atoms with E-state index in [0.29, 0.717) is 18.8 Å². The Balaban J connectivity index is 1.64. The van der Waals surface area contributed by atoms with E-state index in [1.165, 1.54) is 17.5 Å². The topological polar surface area (TPSA) is 47.4 Å². The Labute approximate surface area is 164 Å². The first-order valence-electron chi connectivity index (χ1n) is 9.62. The molecule has 1 spiro atoms. The van der Waals surface area contributed by atoms with Gasteiger partial charge in [-0.1, -0.05) is 54.8 Å². The van der Waals surface area contributed by atoms with E-state index < -0.39 is 0 Å². The predicted molar refractivity (Wildman–Crippen MR) is 108 cm³/mol. The van der Waals surface area contributed by atoms with E-state index in [9.17, 15) is 4.79 Å². The Kier molecular flexibility index (Phi) is 4.77. The van der Waals surface area contributed by atoms with Gasteiger partial charge in [0.2, 0.25) is 0 Å². The molecule has 0 bridgehead atoms. The lowest BCUT2D eigenvalue weighted by atomic mass is 9.94. The van der Waals surface area contributed by atoms with Crippen LogP contribution in [0.15, 0.2) is 41.3 Å². The minimum absolute atomic E-state index is 0.135. The number of benzene rings is 1. The van der Waals surface area contributed by atoms with Crippen molar-refractivity contribution in [3.63, 3.8) is 0 Å². The van der Waals surface area contributed by atoms with E-state index in [1.54, 1.807) is 6.20 Å². The Morgan fingerprint density at radius 1 is 1.15 bits per heavy atom. The maximum atomic E-state index is 12.8. The average molecular weight is 388 g/mol. The summed E-state index contributed by atoms with van der Waals surface area (Å²) in [6, 6.07) is 9.81. The zero-order valence-electron chi connectivity index (χ0n) is 15.9. The summed E-state index contributed by atoms with van der Waals surface area (Å²) in [5.41, 5.74) is 1.07. The fourth-order valence-electron chi connectivity index (χ4n) is 4.51. The van der Waals surface area contributed by atoms with Gasteiger partial charge < -0.3 is 9.64 Å². The number of rotatable bonds is 3. The van der Waals surface area contributed by atoms with Gasteiger partial charge in [-0.2, -0.15) is 5.10 Å². The van der Waals surface area contributed by atoms with Gasteiger partial charge in [0.15, 0.2) is 0 Å². The van der Waals surface area contributed by atoms with Crippen molar-refractivity contribution in [1.29, 1.82) is 0 Å². The lowest BCUT2D eigenvalue weighted by Crippen LogP contribution is -2.59. The van der Waals surface area contributed by atoms with Gasteiger partial charge in [0.05, 0.1) is 29.6 Å². The second kappa shape index (κ2) is 6.95. The van der Waals surface area contributed by atoms with Crippen LogP contribution in [-0.2, 0) is 11.3 Å². The first-order valence-corrected chi connectivity index (χ1v) is 10.0. The largest absolute Gasteiger partial charge is 0.365 e. The van der Waals surface area contributed by atoms with Crippen LogP contribution in [0.25, 0.3) is 0 Å². The number of hydrogen-bond acceptors (Lipinski definition) is 4. The molecule has 1 saturated carbocycles. The number of aromatic nitrogens is 2. The summed E-state index contributed by atoms with van der Waals surface area (Å²) in [6.45, 7) is 6.09. The molecule has 1 saturated heterocycles. The van der Waals surface area contributed by atoms with Crippen molar-refractivity contribution in [2.24, 2.45) is 0 Å². The van der Waals surface area contributed by atoms with Crippen LogP contribution >= 0.6 is 11.6 Å². The number of halogens is 1. The fraction of sp³-hybridized carbons (Fsp3) is 0.524. The molecular formula is C21H26ClN3O2. The summed E-state index contributed by atoms with van der Waals surface area (Å²) < 4.78 is 7.89. The molecule has 0 atom stereocenters. The third-order valence-electron chi connectivity index (χ3n) is 5.54. The van der Waals surface area contributed by atoms with Crippen LogP contribution < -0.4 is 10.5 Å². The van der Waals surface area contributed by atoms with Gasteiger partial charge in [-0.25, -0.2) is 4.68 Å². The minimum atomic E-state index is -0.287. The monoisotopic (exact) mass is 387 g/mol. The molecular weight excluding hydrogens is 362 g/mol. The zero-order valence-corrected chi connectivity index (χ0v) is 16.7. The first kappa shape index (κ1) is 18.5. The molecule has 2 heterocycles. The Hall–Kier alpha value is -1.85. The van der Waals surface area contributed by atoms with E-state index in [0.717, 1.165) is 24.9 Å². The predicted octanol–water partition coefficient (Wildman–Crippen LogP) is 3.87. The number of ether oxygens (including phenoxy) is 1. The van der Waals surface area contributed by atoms with Crippen LogP contribution in [0.1, 0.15) is 45.1 Å². The van der Waals surface area contributed by atoms with Crippen LogP contribution in [-0.4, -0.2) is 34.1 Å². The van der Waals surface area contributed by atoms with Gasteiger partial charge >= 0.3 is 0 Å². The first-order chi connectivity index (χ1) is 12.9.